The van der Waals surface area contributed by atoms with Crippen LogP contribution in [0.5, 0.6) is 11.5 Å². The Hall–Kier alpha value is -6.41. The highest BCUT2D eigenvalue weighted by molar-refractivity contribution is 7.94. The van der Waals surface area contributed by atoms with Crippen LogP contribution in [0.15, 0.2) is 121 Å². The van der Waals surface area contributed by atoms with Gasteiger partial charge in [0.15, 0.2) is 17.3 Å². The number of fused-ring (bicyclic) bond motifs is 4. The van der Waals surface area contributed by atoms with E-state index in [0.717, 1.165) is 47.1 Å². The fourth-order valence-electron chi connectivity index (χ4n) is 6.87. The molecule has 10 nitrogen and oxygen atoms in total. The molecule has 5 aromatic carbocycles. The molecule has 0 bridgehead atoms. The number of sulfonamides is 1. The molecule has 2 heterocycles. The van der Waals surface area contributed by atoms with Gasteiger partial charge in [-0.05, 0) is 99.2 Å². The van der Waals surface area contributed by atoms with E-state index < -0.39 is 32.1 Å². The lowest BCUT2D eigenvalue weighted by Crippen LogP contribution is -2.36. The normalized spacial score (nSPS) is 16.4. The van der Waals surface area contributed by atoms with Crippen molar-refractivity contribution in [3.05, 3.63) is 154 Å². The molecule has 2 aliphatic rings. The average Bonchev–Trinajstić information content (AvgIpc) is 3.75. The number of allylic oxidation sites excluding steroid dienone is 3. The van der Waals surface area contributed by atoms with E-state index in [1.807, 2.05) is 30.3 Å². The summed E-state index contributed by atoms with van der Waals surface area (Å²) in [5.41, 5.74) is 12.4. The first-order chi connectivity index (χ1) is 27.3. The maximum Gasteiger partial charge on any atom is 0.245 e. The number of anilines is 2. The molecule has 4 N–H and O–H groups in total. The Bertz CT molecular complexity index is 3090. The molecule has 0 aliphatic heterocycles. The zero-order chi connectivity index (χ0) is 39.8. The van der Waals surface area contributed by atoms with Crippen molar-refractivity contribution in [2.45, 2.75) is 25.5 Å². The number of phenols is 1. The molecule has 2 aromatic heterocycles. The van der Waals surface area contributed by atoms with Gasteiger partial charge in [-0.3, -0.25) is 14.3 Å². The topological polar surface area (TPSA) is 162 Å². The molecule has 0 fully saturated rings. The van der Waals surface area contributed by atoms with Crippen LogP contribution in [0.25, 0.3) is 41.6 Å². The molecule has 0 saturated carbocycles. The number of nitrogens with two attached hydrogens (primary N) is 1. The van der Waals surface area contributed by atoms with Gasteiger partial charge in [0.1, 0.15) is 26.3 Å². The first-order valence-corrected chi connectivity index (χ1v) is 20.9. The minimum Gasteiger partial charge on any atom is -0.507 e. The van der Waals surface area contributed by atoms with Gasteiger partial charge in [-0.1, -0.05) is 42.0 Å². The van der Waals surface area contributed by atoms with Crippen LogP contribution in [-0.2, 0) is 10.0 Å². The summed E-state index contributed by atoms with van der Waals surface area (Å²) in [4.78, 5) is 36.5. The van der Waals surface area contributed by atoms with Crippen molar-refractivity contribution < 1.29 is 27.9 Å². The summed E-state index contributed by atoms with van der Waals surface area (Å²) in [5, 5.41) is 12.7. The molecule has 0 radical (unpaired) electrons. The number of hydrogen-bond donors (Lipinski definition) is 3. The molecule has 1 atom stereocenters. The number of nitrogen functional groups attached to an aromatic ring is 1. The third kappa shape index (κ3) is 6.29. The fraction of sp³-hybridized carbons (Fsp3) is 0.0909. The number of carbonyl (C=O) groups is 2. The Morgan fingerprint density at radius 2 is 1.39 bits per heavy atom. The minimum atomic E-state index is -4.05. The molecule has 57 heavy (non-hydrogen) atoms. The summed E-state index contributed by atoms with van der Waals surface area (Å²) >= 11 is 3.22. The Morgan fingerprint density at radius 3 is 2.14 bits per heavy atom. The van der Waals surface area contributed by atoms with Gasteiger partial charge in [-0.2, -0.15) is 0 Å². The second kappa shape index (κ2) is 13.4. The number of carbonyl (C=O) groups excluding carboxylic acids is 2. The maximum absolute atomic E-state index is 13.8. The predicted molar refractivity (Wildman–Crippen MR) is 227 cm³/mol. The lowest BCUT2D eigenvalue weighted by Gasteiger charge is -2.23. The van der Waals surface area contributed by atoms with Gasteiger partial charge in [0.05, 0.1) is 37.2 Å². The number of nitrogens with zero attached hydrogens (tertiary/aromatic N) is 2. The highest BCUT2D eigenvalue weighted by Crippen LogP contribution is 2.43. The van der Waals surface area contributed by atoms with Gasteiger partial charge in [0.25, 0.3) is 0 Å². The van der Waals surface area contributed by atoms with Gasteiger partial charge in [0, 0.05) is 34.0 Å². The molecular formula is C44H32N4O6S3. The minimum absolute atomic E-state index is 0.0613. The number of benzene rings is 5. The third-order valence-electron chi connectivity index (χ3n) is 10.1. The fourth-order valence-corrected chi connectivity index (χ4v) is 10.1. The third-order valence-corrected chi connectivity index (χ3v) is 14.1. The lowest BCUT2D eigenvalue weighted by atomic mass is 9.82. The molecule has 0 saturated heterocycles. The Kier molecular flexibility index (Phi) is 8.50. The van der Waals surface area contributed by atoms with E-state index >= 15 is 0 Å². The van der Waals surface area contributed by atoms with Crippen molar-refractivity contribution in [1.82, 2.24) is 9.97 Å². The van der Waals surface area contributed by atoms with Crippen molar-refractivity contribution in [3.63, 3.8) is 0 Å². The van der Waals surface area contributed by atoms with Crippen LogP contribution in [0, 0.1) is 13.8 Å². The van der Waals surface area contributed by atoms with E-state index in [1.165, 1.54) is 42.0 Å². The number of hydrogen-bond acceptors (Lipinski definition) is 11. The zero-order valence-electron chi connectivity index (χ0n) is 30.7. The van der Waals surface area contributed by atoms with E-state index in [9.17, 15) is 23.1 Å². The van der Waals surface area contributed by atoms with Gasteiger partial charge in [0.2, 0.25) is 10.0 Å². The van der Waals surface area contributed by atoms with Crippen molar-refractivity contribution in [2.24, 2.45) is 0 Å². The standard InChI is InChI=1S/C44H32N4O6S3/c1-23-6-13-29-30(19-23)41(51)37-33(49)22-34(39(45)38(37)40(29)50)54-28-5-4-17-44(3,18-16-28)57(52,53)48-27-11-8-25(9-12-27)42-46-32-15-10-26(21-36(32)56-42)43-47-31-14-7-24(2)20-35(31)55-43/h4-22,48-49H,45H2,1-3H3. The number of thiazole rings is 2. The van der Waals surface area contributed by atoms with Crippen LogP contribution in [-0.4, -0.2) is 39.8 Å². The first kappa shape index (κ1) is 36.2. The largest absolute Gasteiger partial charge is 0.507 e. The van der Waals surface area contributed by atoms with Gasteiger partial charge < -0.3 is 15.6 Å². The van der Waals surface area contributed by atoms with Crippen LogP contribution >= 0.6 is 22.7 Å². The number of rotatable bonds is 7. The molecule has 0 amide bonds. The highest BCUT2D eigenvalue weighted by Gasteiger charge is 2.37. The zero-order valence-corrected chi connectivity index (χ0v) is 33.1. The van der Waals surface area contributed by atoms with Crippen LogP contribution in [0.2, 0.25) is 0 Å². The van der Waals surface area contributed by atoms with E-state index in [4.69, 9.17) is 20.4 Å². The molecule has 2 aliphatic carbocycles. The summed E-state index contributed by atoms with van der Waals surface area (Å²) in [7, 11) is -4.05. The van der Waals surface area contributed by atoms with Crippen molar-refractivity contribution in [1.29, 1.82) is 0 Å². The number of aromatic nitrogens is 2. The van der Waals surface area contributed by atoms with Crippen LogP contribution in [0.3, 0.4) is 0 Å². The molecule has 0 spiro atoms. The maximum atomic E-state index is 13.8. The number of aromatic hydroxyl groups is 1. The molecule has 13 heteroatoms. The monoisotopic (exact) mass is 808 g/mol. The molecule has 1 unspecified atom stereocenters. The second-order valence-corrected chi connectivity index (χ2v) is 18.3. The molecule has 7 aromatic rings. The molecular weight excluding hydrogens is 777 g/mol. The number of aryl methyl sites for hydroxylation is 2. The molecule has 9 rings (SSSR count). The average molecular weight is 809 g/mol. The van der Waals surface area contributed by atoms with Gasteiger partial charge in [-0.25, -0.2) is 18.4 Å². The summed E-state index contributed by atoms with van der Waals surface area (Å²) in [6, 6.07) is 25.5. The Morgan fingerprint density at radius 1 is 0.754 bits per heavy atom. The van der Waals surface area contributed by atoms with E-state index in [-0.39, 0.29) is 39.4 Å². The SMILES string of the molecule is Cc1ccc2c(c1)C(=O)c1c(O)cc(OC3=CC=CC(C)(S(=O)(=O)Nc4ccc(-c5nc6ccc(-c7nc8ccc(C)cc8s7)cc6s5)cc4)C=C3)c(N)c1C2=O. The Balaban J connectivity index is 0.908. The number of phenolic OH excluding ortho intramolecular Hbond substituents is 1. The van der Waals surface area contributed by atoms with Crippen LogP contribution < -0.4 is 15.2 Å². The van der Waals surface area contributed by atoms with E-state index in [0.29, 0.717) is 5.69 Å². The molecule has 282 valence electrons. The van der Waals surface area contributed by atoms with Crippen LogP contribution in [0.1, 0.15) is 49.9 Å². The van der Waals surface area contributed by atoms with E-state index in [2.05, 4.69) is 29.8 Å². The van der Waals surface area contributed by atoms with Crippen molar-refractivity contribution >= 4 is 76.1 Å². The lowest BCUT2D eigenvalue weighted by molar-refractivity contribution is 0.0977. The Labute approximate surface area is 335 Å². The van der Waals surface area contributed by atoms with Gasteiger partial charge >= 0.3 is 0 Å². The smallest absolute Gasteiger partial charge is 0.245 e. The van der Waals surface area contributed by atoms with Crippen molar-refractivity contribution in [3.8, 4) is 32.6 Å². The number of ether oxygens (including phenoxy) is 1. The van der Waals surface area contributed by atoms with Crippen LogP contribution in [0.4, 0.5) is 11.4 Å². The first-order valence-electron chi connectivity index (χ1n) is 17.8. The van der Waals surface area contributed by atoms with Crippen molar-refractivity contribution in [2.75, 3.05) is 10.5 Å². The van der Waals surface area contributed by atoms with Gasteiger partial charge in [-0.15, -0.1) is 22.7 Å². The summed E-state index contributed by atoms with van der Waals surface area (Å²) in [5.74, 6) is -1.35. The quantitative estimate of drug-likeness (QED) is 0.105. The second-order valence-electron chi connectivity index (χ2n) is 14.2. The summed E-state index contributed by atoms with van der Waals surface area (Å²) in [6.07, 6.45) is 7.52. The number of nitrogens with one attached hydrogen (secondary N) is 1. The highest BCUT2D eigenvalue weighted by atomic mass is 32.2. The summed E-state index contributed by atoms with van der Waals surface area (Å²) < 4.78 is 37.0. The summed E-state index contributed by atoms with van der Waals surface area (Å²) in [6.45, 7) is 5.42. The predicted octanol–water partition coefficient (Wildman–Crippen LogP) is 9.51. The number of ketones is 2. The van der Waals surface area contributed by atoms with E-state index in [1.54, 1.807) is 66.9 Å².